The van der Waals surface area contributed by atoms with Gasteiger partial charge in [-0.05, 0) is 24.3 Å². The van der Waals surface area contributed by atoms with Gasteiger partial charge in [0.1, 0.15) is 16.8 Å². The Kier molecular flexibility index (Phi) is 10.0. The van der Waals surface area contributed by atoms with E-state index in [1.165, 1.54) is 18.2 Å². The summed E-state index contributed by atoms with van der Waals surface area (Å²) in [5.74, 6) is 0.195. The van der Waals surface area contributed by atoms with Gasteiger partial charge in [-0.15, -0.1) is 0 Å². The molecule has 0 aliphatic heterocycles. The van der Waals surface area contributed by atoms with Gasteiger partial charge in [0.15, 0.2) is 5.75 Å². The summed E-state index contributed by atoms with van der Waals surface area (Å²) >= 11 is 35.2. The summed E-state index contributed by atoms with van der Waals surface area (Å²) in [5.41, 5.74) is 0.240. The highest BCUT2D eigenvalue weighted by molar-refractivity contribution is 6.55. The van der Waals surface area contributed by atoms with Gasteiger partial charge in [-0.2, -0.15) is 0 Å². The standard InChI is InChI=1S/C19H14Cl6O4/c20-11-2-3-13(14(21)8-11)19(26)29-6-1-5-28-18-15(22)9-12(10-16(18)23)27-7-4-17(24)25/h2-4,8-10H,1,5-7H2. The molecular weight excluding hydrogens is 505 g/mol. The minimum Gasteiger partial charge on any atom is -0.490 e. The molecule has 2 aromatic carbocycles. The molecule has 4 nitrogen and oxygen atoms in total. The lowest BCUT2D eigenvalue weighted by Crippen LogP contribution is -2.10. The summed E-state index contributed by atoms with van der Waals surface area (Å²) in [5, 5.41) is 1.21. The molecule has 10 heteroatoms. The molecular formula is C19H14Cl6O4. The highest BCUT2D eigenvalue weighted by Crippen LogP contribution is 2.37. The van der Waals surface area contributed by atoms with Crippen molar-refractivity contribution in [2.24, 2.45) is 0 Å². The Morgan fingerprint density at radius 2 is 1.59 bits per heavy atom. The lowest BCUT2D eigenvalue weighted by molar-refractivity contribution is 0.0486. The fourth-order valence-electron chi connectivity index (χ4n) is 2.09. The SMILES string of the molecule is O=C(OCCCOc1c(Cl)cc(OCC=C(Cl)Cl)cc1Cl)c1ccc(Cl)cc1Cl. The lowest BCUT2D eigenvalue weighted by Gasteiger charge is -2.12. The van der Waals surface area contributed by atoms with E-state index in [4.69, 9.17) is 83.8 Å². The van der Waals surface area contributed by atoms with Crippen LogP contribution >= 0.6 is 69.6 Å². The number of hydrogen-bond donors (Lipinski definition) is 0. The summed E-state index contributed by atoms with van der Waals surface area (Å²) in [7, 11) is 0. The number of hydrogen-bond acceptors (Lipinski definition) is 4. The van der Waals surface area contributed by atoms with Crippen LogP contribution in [-0.4, -0.2) is 25.8 Å². The molecule has 0 atom stereocenters. The molecule has 0 aliphatic carbocycles. The average molecular weight is 519 g/mol. The molecule has 2 rings (SSSR count). The molecule has 0 radical (unpaired) electrons. The van der Waals surface area contributed by atoms with E-state index >= 15 is 0 Å². The molecule has 2 aromatic rings. The average Bonchev–Trinajstić information content (AvgIpc) is 2.62. The predicted octanol–water partition coefficient (Wildman–Crippen LogP) is 7.62. The summed E-state index contributed by atoms with van der Waals surface area (Å²) in [4.78, 5) is 12.0. The zero-order valence-electron chi connectivity index (χ0n) is 14.7. The number of esters is 1. The molecule has 156 valence electrons. The van der Waals surface area contributed by atoms with E-state index in [-0.39, 0.29) is 44.9 Å². The van der Waals surface area contributed by atoms with Gasteiger partial charge >= 0.3 is 5.97 Å². The van der Waals surface area contributed by atoms with Crippen molar-refractivity contribution in [2.75, 3.05) is 19.8 Å². The Morgan fingerprint density at radius 3 is 2.21 bits per heavy atom. The van der Waals surface area contributed by atoms with E-state index in [1.807, 2.05) is 0 Å². The number of rotatable bonds is 9. The maximum absolute atomic E-state index is 12.0. The van der Waals surface area contributed by atoms with Gasteiger partial charge in [-0.1, -0.05) is 69.6 Å². The zero-order valence-corrected chi connectivity index (χ0v) is 19.2. The molecule has 0 bridgehead atoms. The fraction of sp³-hybridized carbons (Fsp3) is 0.211. The molecule has 0 saturated heterocycles. The lowest BCUT2D eigenvalue weighted by atomic mass is 10.2. The quantitative estimate of drug-likeness (QED) is 0.253. The Bertz CT molecular complexity index is 873. The van der Waals surface area contributed by atoms with Crippen molar-refractivity contribution < 1.29 is 19.0 Å². The highest BCUT2D eigenvalue weighted by Gasteiger charge is 2.13. The molecule has 0 unspecified atom stereocenters. The van der Waals surface area contributed by atoms with Crippen LogP contribution in [-0.2, 0) is 4.74 Å². The van der Waals surface area contributed by atoms with Crippen LogP contribution in [0.25, 0.3) is 0 Å². The maximum Gasteiger partial charge on any atom is 0.339 e. The third-order valence-corrected chi connectivity index (χ3v) is 4.80. The fourth-order valence-corrected chi connectivity index (χ4v) is 3.28. The molecule has 29 heavy (non-hydrogen) atoms. The normalized spacial score (nSPS) is 10.4. The smallest absolute Gasteiger partial charge is 0.339 e. The Hall–Kier alpha value is -1.01. The summed E-state index contributed by atoms with van der Waals surface area (Å²) < 4.78 is 16.3. The summed E-state index contributed by atoms with van der Waals surface area (Å²) in [6, 6.07) is 7.65. The van der Waals surface area contributed by atoms with E-state index in [0.29, 0.717) is 22.9 Å². The van der Waals surface area contributed by atoms with Crippen LogP contribution in [0.3, 0.4) is 0 Å². The minimum atomic E-state index is -0.546. The first-order valence-electron chi connectivity index (χ1n) is 8.16. The molecule has 0 aliphatic rings. The second-order valence-corrected chi connectivity index (χ2v) is 8.15. The van der Waals surface area contributed by atoms with Crippen molar-refractivity contribution in [2.45, 2.75) is 6.42 Å². The Morgan fingerprint density at radius 1 is 0.897 bits per heavy atom. The topological polar surface area (TPSA) is 44.8 Å². The molecule has 0 fully saturated rings. The first-order chi connectivity index (χ1) is 13.8. The van der Waals surface area contributed by atoms with Crippen molar-refractivity contribution in [3.05, 3.63) is 66.6 Å². The van der Waals surface area contributed by atoms with E-state index in [9.17, 15) is 4.79 Å². The third kappa shape index (κ3) is 7.97. The summed E-state index contributed by atoms with van der Waals surface area (Å²) in [6.45, 7) is 0.518. The number of carbonyl (C=O) groups excluding carboxylic acids is 1. The van der Waals surface area contributed by atoms with Crippen molar-refractivity contribution in [3.63, 3.8) is 0 Å². The highest BCUT2D eigenvalue weighted by atomic mass is 35.5. The second-order valence-electron chi connectivity index (χ2n) is 5.48. The molecule has 0 N–H and O–H groups in total. The van der Waals surface area contributed by atoms with Gasteiger partial charge in [0.2, 0.25) is 0 Å². The van der Waals surface area contributed by atoms with Crippen molar-refractivity contribution in [1.29, 1.82) is 0 Å². The molecule has 0 heterocycles. The van der Waals surface area contributed by atoms with Crippen LogP contribution in [0.2, 0.25) is 20.1 Å². The Labute approximate surface area is 198 Å². The molecule has 0 amide bonds. The van der Waals surface area contributed by atoms with Crippen molar-refractivity contribution in [1.82, 2.24) is 0 Å². The van der Waals surface area contributed by atoms with Crippen LogP contribution < -0.4 is 9.47 Å². The van der Waals surface area contributed by atoms with Crippen LogP contribution in [0.1, 0.15) is 16.8 Å². The van der Waals surface area contributed by atoms with Crippen molar-refractivity contribution in [3.8, 4) is 11.5 Å². The van der Waals surface area contributed by atoms with Crippen molar-refractivity contribution >= 4 is 75.6 Å². The minimum absolute atomic E-state index is 0.0983. The van der Waals surface area contributed by atoms with Crippen LogP contribution in [0.4, 0.5) is 0 Å². The third-order valence-electron chi connectivity index (χ3n) is 3.38. The number of halogens is 6. The maximum atomic E-state index is 12.0. The van der Waals surface area contributed by atoms with Crippen LogP contribution in [0, 0.1) is 0 Å². The van der Waals surface area contributed by atoms with Gasteiger partial charge in [0, 0.05) is 23.6 Å². The van der Waals surface area contributed by atoms with E-state index in [0.717, 1.165) is 0 Å². The van der Waals surface area contributed by atoms with Gasteiger partial charge in [-0.3, -0.25) is 0 Å². The van der Waals surface area contributed by atoms with E-state index < -0.39 is 5.97 Å². The second kappa shape index (κ2) is 12.0. The first kappa shape index (κ1) is 24.3. The van der Waals surface area contributed by atoms with Crippen LogP contribution in [0.5, 0.6) is 11.5 Å². The zero-order chi connectivity index (χ0) is 21.4. The molecule has 0 saturated carbocycles. The first-order valence-corrected chi connectivity index (χ1v) is 10.4. The van der Waals surface area contributed by atoms with Crippen LogP contribution in [0.15, 0.2) is 40.9 Å². The summed E-state index contributed by atoms with van der Waals surface area (Å²) in [6.07, 6.45) is 1.90. The predicted molar refractivity (Wildman–Crippen MR) is 119 cm³/mol. The van der Waals surface area contributed by atoms with E-state index in [1.54, 1.807) is 18.2 Å². The largest absolute Gasteiger partial charge is 0.490 e. The molecule has 0 spiro atoms. The molecule has 0 aromatic heterocycles. The van der Waals surface area contributed by atoms with Gasteiger partial charge in [0.25, 0.3) is 0 Å². The van der Waals surface area contributed by atoms with E-state index in [2.05, 4.69) is 0 Å². The van der Waals surface area contributed by atoms with Gasteiger partial charge < -0.3 is 14.2 Å². The number of carbonyl (C=O) groups is 1. The Balaban J connectivity index is 1.81. The number of ether oxygens (including phenoxy) is 3. The van der Waals surface area contributed by atoms with Gasteiger partial charge in [0.05, 0.1) is 33.8 Å². The monoisotopic (exact) mass is 516 g/mol. The number of benzene rings is 2. The van der Waals surface area contributed by atoms with Gasteiger partial charge in [-0.25, -0.2) is 4.79 Å².